The van der Waals surface area contributed by atoms with Crippen molar-refractivity contribution in [2.24, 2.45) is 0 Å². The van der Waals surface area contributed by atoms with Crippen molar-refractivity contribution in [2.45, 2.75) is 42.5 Å². The lowest BCUT2D eigenvalue weighted by Gasteiger charge is -2.42. The van der Waals surface area contributed by atoms with Gasteiger partial charge in [-0.2, -0.15) is 16.1 Å². The second-order valence-electron chi connectivity index (χ2n) is 9.55. The molecule has 9 heteroatoms. The van der Waals surface area contributed by atoms with Gasteiger partial charge in [0.2, 0.25) is 10.0 Å². The van der Waals surface area contributed by atoms with Crippen molar-refractivity contribution in [3.05, 3.63) is 89.7 Å². The highest BCUT2D eigenvalue weighted by Gasteiger charge is 2.48. The van der Waals surface area contributed by atoms with E-state index in [2.05, 4.69) is 5.32 Å². The minimum atomic E-state index is -3.96. The molecular formula is C28H31FN2O4S2. The van der Waals surface area contributed by atoms with Gasteiger partial charge in [-0.1, -0.05) is 54.6 Å². The van der Waals surface area contributed by atoms with Crippen LogP contribution in [0.5, 0.6) is 0 Å². The summed E-state index contributed by atoms with van der Waals surface area (Å²) in [4.78, 5) is 12.0. The molecule has 0 amide bonds. The molecule has 196 valence electrons. The zero-order valence-electron chi connectivity index (χ0n) is 20.9. The molecule has 0 spiro atoms. The third kappa shape index (κ3) is 6.23. The quantitative estimate of drug-likeness (QED) is 0.378. The molecule has 1 aliphatic heterocycles. The number of thioether (sulfide) groups is 1. The molecule has 37 heavy (non-hydrogen) atoms. The van der Waals surface area contributed by atoms with Crippen molar-refractivity contribution >= 4 is 27.8 Å². The second-order valence-corrected chi connectivity index (χ2v) is 13.2. The van der Waals surface area contributed by atoms with Crippen LogP contribution in [0, 0.1) is 5.82 Å². The highest BCUT2D eigenvalue weighted by atomic mass is 32.2. The van der Waals surface area contributed by atoms with Crippen molar-refractivity contribution in [2.75, 3.05) is 18.8 Å². The van der Waals surface area contributed by atoms with E-state index in [9.17, 15) is 22.7 Å². The van der Waals surface area contributed by atoms with Gasteiger partial charge in [0, 0.05) is 23.6 Å². The summed E-state index contributed by atoms with van der Waals surface area (Å²) in [6.45, 7) is 5.01. The SMILES string of the molecule is CC1(C)SCCN(S(=O)(=O)c2ccc(-c3ccc(CNCCc4ccccc4F)cc3)cc2)C1C(=O)O. The zero-order valence-corrected chi connectivity index (χ0v) is 22.5. The first-order valence-corrected chi connectivity index (χ1v) is 14.5. The Morgan fingerprint density at radius 2 is 1.68 bits per heavy atom. The van der Waals surface area contributed by atoms with E-state index >= 15 is 0 Å². The number of halogens is 1. The summed E-state index contributed by atoms with van der Waals surface area (Å²) in [5.74, 6) is -0.787. The van der Waals surface area contributed by atoms with E-state index in [4.69, 9.17) is 0 Å². The third-order valence-electron chi connectivity index (χ3n) is 6.57. The van der Waals surface area contributed by atoms with Crippen molar-refractivity contribution in [3.8, 4) is 11.1 Å². The Labute approximate surface area is 222 Å². The number of carboxylic acid groups (broad SMARTS) is 1. The standard InChI is InChI=1S/C28H31FN2O4S2/c1-28(2)26(27(32)33)31(17-18-36-28)37(34,35)24-13-11-22(12-14-24)21-9-7-20(8-10-21)19-30-16-15-23-5-3-4-6-25(23)29/h3-14,26,30H,15-19H2,1-2H3,(H,32,33). The van der Waals surface area contributed by atoms with Crippen LogP contribution in [0.15, 0.2) is 77.7 Å². The van der Waals surface area contributed by atoms with Gasteiger partial charge in [-0.3, -0.25) is 4.79 Å². The summed E-state index contributed by atoms with van der Waals surface area (Å²) in [6, 6.07) is 20.2. The van der Waals surface area contributed by atoms with Crippen LogP contribution < -0.4 is 5.32 Å². The molecule has 0 saturated carbocycles. The Bertz CT molecular complexity index is 1340. The van der Waals surface area contributed by atoms with Gasteiger partial charge in [-0.05, 0) is 67.3 Å². The van der Waals surface area contributed by atoms with Gasteiger partial charge < -0.3 is 10.4 Å². The van der Waals surface area contributed by atoms with Crippen LogP contribution in [0.1, 0.15) is 25.0 Å². The molecule has 1 fully saturated rings. The molecular weight excluding hydrogens is 511 g/mol. The first-order valence-electron chi connectivity index (χ1n) is 12.1. The normalized spacial score (nSPS) is 18.0. The lowest BCUT2D eigenvalue weighted by molar-refractivity contribution is -0.142. The molecule has 1 heterocycles. The lowest BCUT2D eigenvalue weighted by atomic mass is 10.0. The summed E-state index contributed by atoms with van der Waals surface area (Å²) in [5, 5.41) is 13.1. The van der Waals surface area contributed by atoms with Crippen LogP contribution in [-0.4, -0.2) is 53.4 Å². The van der Waals surface area contributed by atoms with Crippen LogP contribution >= 0.6 is 11.8 Å². The number of carboxylic acids is 1. The predicted molar refractivity (Wildman–Crippen MR) is 146 cm³/mol. The van der Waals surface area contributed by atoms with Crippen molar-refractivity contribution in [3.63, 3.8) is 0 Å². The molecule has 4 rings (SSSR count). The molecule has 0 radical (unpaired) electrons. The molecule has 3 aromatic rings. The molecule has 2 N–H and O–H groups in total. The van der Waals surface area contributed by atoms with E-state index in [-0.39, 0.29) is 17.3 Å². The molecule has 1 unspecified atom stereocenters. The van der Waals surface area contributed by atoms with E-state index in [1.165, 1.54) is 30.0 Å². The minimum Gasteiger partial charge on any atom is -0.480 e. The van der Waals surface area contributed by atoms with Crippen molar-refractivity contribution < 1.29 is 22.7 Å². The van der Waals surface area contributed by atoms with Gasteiger partial charge in [0.15, 0.2) is 0 Å². The van der Waals surface area contributed by atoms with Crippen molar-refractivity contribution in [1.29, 1.82) is 0 Å². The maximum absolute atomic E-state index is 13.7. The topological polar surface area (TPSA) is 86.7 Å². The average molecular weight is 543 g/mol. The number of nitrogens with zero attached hydrogens (tertiary/aromatic N) is 1. The number of hydrogen-bond donors (Lipinski definition) is 2. The highest BCUT2D eigenvalue weighted by molar-refractivity contribution is 8.00. The van der Waals surface area contributed by atoms with Gasteiger partial charge in [0.1, 0.15) is 11.9 Å². The first kappa shape index (κ1) is 27.3. The van der Waals surface area contributed by atoms with Gasteiger partial charge >= 0.3 is 5.97 Å². The number of aliphatic carboxylic acids is 1. The number of benzene rings is 3. The van der Waals surface area contributed by atoms with E-state index in [0.717, 1.165) is 21.0 Å². The van der Waals surface area contributed by atoms with E-state index < -0.39 is 26.8 Å². The zero-order chi connectivity index (χ0) is 26.6. The molecule has 1 aliphatic rings. The molecule has 3 aromatic carbocycles. The van der Waals surface area contributed by atoms with E-state index in [1.807, 2.05) is 30.3 Å². The van der Waals surface area contributed by atoms with Crippen LogP contribution in [0.4, 0.5) is 4.39 Å². The monoisotopic (exact) mass is 542 g/mol. The van der Waals surface area contributed by atoms with Crippen LogP contribution in [0.3, 0.4) is 0 Å². The molecule has 1 saturated heterocycles. The summed E-state index contributed by atoms with van der Waals surface area (Å²) in [6.07, 6.45) is 0.612. The van der Waals surface area contributed by atoms with Gasteiger partial charge in [-0.15, -0.1) is 0 Å². The maximum atomic E-state index is 13.7. The van der Waals surface area contributed by atoms with Crippen molar-refractivity contribution in [1.82, 2.24) is 9.62 Å². The fourth-order valence-corrected chi connectivity index (χ4v) is 7.66. The molecule has 6 nitrogen and oxygen atoms in total. The number of sulfonamides is 1. The molecule has 0 aliphatic carbocycles. The summed E-state index contributed by atoms with van der Waals surface area (Å²) < 4.78 is 40.8. The summed E-state index contributed by atoms with van der Waals surface area (Å²) in [7, 11) is -3.96. The Kier molecular flexibility index (Phi) is 8.38. The molecule has 1 atom stereocenters. The number of nitrogens with one attached hydrogen (secondary N) is 1. The maximum Gasteiger partial charge on any atom is 0.323 e. The average Bonchev–Trinajstić information content (AvgIpc) is 2.87. The summed E-state index contributed by atoms with van der Waals surface area (Å²) >= 11 is 1.47. The number of rotatable bonds is 9. The molecule has 0 aromatic heterocycles. The van der Waals surface area contributed by atoms with E-state index in [1.54, 1.807) is 38.1 Å². The third-order valence-corrected chi connectivity index (χ3v) is 9.81. The largest absolute Gasteiger partial charge is 0.480 e. The number of hydrogen-bond acceptors (Lipinski definition) is 5. The molecule has 0 bridgehead atoms. The Morgan fingerprint density at radius 1 is 1.05 bits per heavy atom. The minimum absolute atomic E-state index is 0.0841. The van der Waals surface area contributed by atoms with Gasteiger partial charge in [0.25, 0.3) is 0 Å². The van der Waals surface area contributed by atoms with Gasteiger partial charge in [0.05, 0.1) is 4.90 Å². The Balaban J connectivity index is 1.40. The summed E-state index contributed by atoms with van der Waals surface area (Å²) in [5.41, 5.74) is 3.58. The Hall–Kier alpha value is -2.72. The van der Waals surface area contributed by atoms with Crippen LogP contribution in [0.2, 0.25) is 0 Å². The lowest BCUT2D eigenvalue weighted by Crippen LogP contribution is -2.58. The number of carbonyl (C=O) groups is 1. The predicted octanol–water partition coefficient (Wildman–Crippen LogP) is 4.79. The van der Waals surface area contributed by atoms with Crippen LogP contribution in [0.25, 0.3) is 11.1 Å². The van der Waals surface area contributed by atoms with Gasteiger partial charge in [-0.25, -0.2) is 12.8 Å². The fourth-order valence-electron chi connectivity index (χ4n) is 4.56. The van der Waals surface area contributed by atoms with Crippen LogP contribution in [-0.2, 0) is 27.8 Å². The first-order chi connectivity index (χ1) is 17.6. The highest BCUT2D eigenvalue weighted by Crippen LogP contribution is 2.38. The van der Waals surface area contributed by atoms with E-state index in [0.29, 0.717) is 30.8 Å². The Morgan fingerprint density at radius 3 is 2.30 bits per heavy atom. The smallest absolute Gasteiger partial charge is 0.323 e. The second kappa shape index (κ2) is 11.3. The fraction of sp³-hybridized carbons (Fsp3) is 0.321.